The predicted octanol–water partition coefficient (Wildman–Crippen LogP) is 3.41. The number of hydrogen-bond acceptors (Lipinski definition) is 3. The van der Waals surface area contributed by atoms with E-state index < -0.39 is 15.1 Å². The summed E-state index contributed by atoms with van der Waals surface area (Å²) in [6.45, 7) is 5.95. The van der Waals surface area contributed by atoms with Crippen LogP contribution in [0.15, 0.2) is 23.1 Å². The van der Waals surface area contributed by atoms with Crippen LogP contribution in [-0.2, 0) is 9.84 Å². The van der Waals surface area contributed by atoms with Gasteiger partial charge in [-0.15, -0.1) is 0 Å². The minimum Gasteiger partial charge on any atom is -0.223 e. The second-order valence-electron chi connectivity index (χ2n) is 5.98. The molecule has 3 atom stereocenters. The van der Waals surface area contributed by atoms with Gasteiger partial charge < -0.3 is 0 Å². The lowest BCUT2D eigenvalue weighted by Crippen LogP contribution is -2.35. The Morgan fingerprint density at radius 1 is 1.20 bits per heavy atom. The molecule has 0 heterocycles. The summed E-state index contributed by atoms with van der Waals surface area (Å²) in [6, 6.07) is 7.45. The van der Waals surface area contributed by atoms with Crippen molar-refractivity contribution in [1.29, 1.82) is 5.26 Å². The van der Waals surface area contributed by atoms with Crippen LogP contribution in [0.3, 0.4) is 0 Å². The zero-order valence-electron chi connectivity index (χ0n) is 12.3. The first-order valence-corrected chi connectivity index (χ1v) is 8.61. The predicted molar refractivity (Wildman–Crippen MR) is 79.0 cm³/mol. The lowest BCUT2D eigenvalue weighted by Gasteiger charge is -2.30. The van der Waals surface area contributed by atoms with Crippen LogP contribution in [0, 0.1) is 37.0 Å². The molecule has 3 unspecified atom stereocenters. The fraction of sp³-hybridized carbons (Fsp3) is 0.562. The first-order valence-electron chi connectivity index (χ1n) is 7.07. The summed E-state index contributed by atoms with van der Waals surface area (Å²) >= 11 is 0. The van der Waals surface area contributed by atoms with Crippen LogP contribution in [0.25, 0.3) is 0 Å². The maximum Gasteiger partial charge on any atom is 0.182 e. The lowest BCUT2D eigenvalue weighted by molar-refractivity contribution is 0.335. The number of aryl methyl sites for hydroxylation is 2. The van der Waals surface area contributed by atoms with E-state index in [0.29, 0.717) is 23.7 Å². The van der Waals surface area contributed by atoms with Gasteiger partial charge in [0.2, 0.25) is 0 Å². The summed E-state index contributed by atoms with van der Waals surface area (Å²) in [5.41, 5.74) is 2.06. The van der Waals surface area contributed by atoms with E-state index in [1.54, 1.807) is 12.1 Å². The molecule has 1 aliphatic rings. The van der Waals surface area contributed by atoms with Crippen molar-refractivity contribution in [2.24, 2.45) is 11.8 Å². The molecule has 1 aliphatic carbocycles. The molecule has 3 nitrogen and oxygen atoms in total. The Balaban J connectivity index is 2.42. The number of sulfone groups is 1. The zero-order chi connectivity index (χ0) is 14.9. The number of nitrogens with zero attached hydrogens (tertiary/aromatic N) is 1. The molecule has 1 aromatic rings. The average Bonchev–Trinajstić information content (AvgIpc) is 2.41. The van der Waals surface area contributed by atoms with Crippen molar-refractivity contribution < 1.29 is 8.42 Å². The Labute approximate surface area is 121 Å². The van der Waals surface area contributed by atoms with E-state index in [0.717, 1.165) is 17.5 Å². The molecule has 108 valence electrons. The summed E-state index contributed by atoms with van der Waals surface area (Å²) in [5.74, 6) is -0.0104. The van der Waals surface area contributed by atoms with Gasteiger partial charge in [0, 0.05) is 0 Å². The van der Waals surface area contributed by atoms with Gasteiger partial charge in [-0.2, -0.15) is 5.26 Å². The van der Waals surface area contributed by atoms with E-state index in [1.165, 1.54) is 0 Å². The molecular formula is C16H21NO2S. The van der Waals surface area contributed by atoms with Gasteiger partial charge in [-0.3, -0.25) is 0 Å². The maximum atomic E-state index is 12.8. The highest BCUT2D eigenvalue weighted by atomic mass is 32.2. The van der Waals surface area contributed by atoms with Gasteiger partial charge in [0.05, 0.1) is 22.1 Å². The third kappa shape index (κ3) is 2.73. The normalized spacial score (nSPS) is 27.0. The number of hydrogen-bond donors (Lipinski definition) is 0. The van der Waals surface area contributed by atoms with Gasteiger partial charge in [0.25, 0.3) is 0 Å². The molecule has 0 aliphatic heterocycles. The van der Waals surface area contributed by atoms with Crippen molar-refractivity contribution in [2.45, 2.75) is 50.2 Å². The smallest absolute Gasteiger partial charge is 0.182 e. The Hall–Kier alpha value is -1.34. The van der Waals surface area contributed by atoms with Crippen LogP contribution >= 0.6 is 0 Å². The fourth-order valence-corrected chi connectivity index (χ4v) is 5.04. The first-order chi connectivity index (χ1) is 9.36. The molecule has 0 aromatic heterocycles. The molecule has 0 saturated heterocycles. The van der Waals surface area contributed by atoms with Gasteiger partial charge in [-0.25, -0.2) is 8.42 Å². The molecule has 1 saturated carbocycles. The Bertz CT molecular complexity index is 643. The van der Waals surface area contributed by atoms with Crippen molar-refractivity contribution in [3.63, 3.8) is 0 Å². The van der Waals surface area contributed by atoms with Crippen molar-refractivity contribution in [1.82, 2.24) is 0 Å². The van der Waals surface area contributed by atoms with Crippen LogP contribution in [0.2, 0.25) is 0 Å². The summed E-state index contributed by atoms with van der Waals surface area (Å²) in [7, 11) is -3.42. The van der Waals surface area contributed by atoms with Crippen molar-refractivity contribution >= 4 is 9.84 Å². The first kappa shape index (κ1) is 15.1. The SMILES string of the molecule is Cc1ccc(S(=O)(=O)C2CC(C)CCC2C#N)cc1C. The molecule has 0 radical (unpaired) electrons. The van der Waals surface area contributed by atoms with Crippen molar-refractivity contribution in [3.8, 4) is 6.07 Å². The highest BCUT2D eigenvalue weighted by Gasteiger charge is 2.38. The third-order valence-corrected chi connectivity index (χ3v) is 6.65. The lowest BCUT2D eigenvalue weighted by atomic mass is 9.83. The summed E-state index contributed by atoms with van der Waals surface area (Å²) < 4.78 is 25.6. The van der Waals surface area contributed by atoms with Crippen LogP contribution in [0.1, 0.15) is 37.3 Å². The van der Waals surface area contributed by atoms with Crippen molar-refractivity contribution in [3.05, 3.63) is 29.3 Å². The number of nitriles is 1. The summed E-state index contributed by atoms with van der Waals surface area (Å²) in [5, 5.41) is 8.69. The van der Waals surface area contributed by atoms with E-state index in [-0.39, 0.29) is 5.92 Å². The topological polar surface area (TPSA) is 57.9 Å². The molecule has 4 heteroatoms. The van der Waals surface area contributed by atoms with Gasteiger partial charge >= 0.3 is 0 Å². The van der Waals surface area contributed by atoms with Gasteiger partial charge in [0.15, 0.2) is 9.84 Å². The van der Waals surface area contributed by atoms with Crippen molar-refractivity contribution in [2.75, 3.05) is 0 Å². The van der Waals surface area contributed by atoms with E-state index >= 15 is 0 Å². The van der Waals surface area contributed by atoms with Crippen LogP contribution < -0.4 is 0 Å². The van der Waals surface area contributed by atoms with Crippen LogP contribution in [0.5, 0.6) is 0 Å². The summed E-state index contributed by atoms with van der Waals surface area (Å²) in [4.78, 5) is 0.361. The molecule has 1 fully saturated rings. The van der Waals surface area contributed by atoms with E-state index in [9.17, 15) is 13.7 Å². The molecule has 20 heavy (non-hydrogen) atoms. The third-order valence-electron chi connectivity index (χ3n) is 4.43. The quantitative estimate of drug-likeness (QED) is 0.839. The maximum absolute atomic E-state index is 12.8. The second-order valence-corrected chi connectivity index (χ2v) is 8.15. The zero-order valence-corrected chi connectivity index (χ0v) is 13.1. The van der Waals surface area contributed by atoms with Crippen LogP contribution in [0.4, 0.5) is 0 Å². The largest absolute Gasteiger partial charge is 0.223 e. The standard InChI is InChI=1S/C16H21NO2S/c1-11-4-6-14(10-17)16(8-11)20(18,19)15-7-5-12(2)13(3)9-15/h5,7,9,11,14,16H,4,6,8H2,1-3H3. The van der Waals surface area contributed by atoms with Gasteiger partial charge in [-0.1, -0.05) is 13.0 Å². The minimum atomic E-state index is -3.42. The van der Waals surface area contributed by atoms with Gasteiger partial charge in [0.1, 0.15) is 0 Å². The minimum absolute atomic E-state index is 0.361. The monoisotopic (exact) mass is 291 g/mol. The molecular weight excluding hydrogens is 270 g/mol. The van der Waals surface area contributed by atoms with E-state index in [4.69, 9.17) is 0 Å². The highest BCUT2D eigenvalue weighted by molar-refractivity contribution is 7.92. The summed E-state index contributed by atoms with van der Waals surface area (Å²) in [6.07, 6.45) is 2.22. The second kappa shape index (κ2) is 5.57. The van der Waals surface area contributed by atoms with E-state index in [1.807, 2.05) is 19.9 Å². The van der Waals surface area contributed by atoms with Gasteiger partial charge in [-0.05, 0) is 62.3 Å². The number of benzene rings is 1. The molecule has 2 rings (SSSR count). The molecule has 0 N–H and O–H groups in total. The molecule has 0 amide bonds. The van der Waals surface area contributed by atoms with Crippen LogP contribution in [-0.4, -0.2) is 13.7 Å². The molecule has 0 bridgehead atoms. The highest BCUT2D eigenvalue weighted by Crippen LogP contribution is 2.36. The Morgan fingerprint density at radius 3 is 2.50 bits per heavy atom. The average molecular weight is 291 g/mol. The number of rotatable bonds is 2. The fourth-order valence-electron chi connectivity index (χ4n) is 2.88. The molecule has 0 spiro atoms. The Kier molecular flexibility index (Phi) is 4.19. The van der Waals surface area contributed by atoms with E-state index in [2.05, 4.69) is 13.0 Å². The molecule has 1 aromatic carbocycles. The Morgan fingerprint density at radius 2 is 1.90 bits per heavy atom.